The largest absolute Gasteiger partial charge is 0.486 e. The van der Waals surface area contributed by atoms with Crippen molar-refractivity contribution in [1.29, 1.82) is 0 Å². The van der Waals surface area contributed by atoms with Crippen LogP contribution in [0.1, 0.15) is 18.3 Å². The molecule has 0 aliphatic heterocycles. The number of nitrogens with two attached hydrogens (primary N) is 1. The van der Waals surface area contributed by atoms with Crippen LogP contribution < -0.4 is 10.5 Å². The average molecular weight is 403 g/mol. The van der Waals surface area contributed by atoms with E-state index in [9.17, 15) is 4.79 Å². The van der Waals surface area contributed by atoms with Gasteiger partial charge >= 0.3 is 0 Å². The third-order valence-corrected chi connectivity index (χ3v) is 5.19. The molecule has 0 bridgehead atoms. The van der Waals surface area contributed by atoms with Crippen LogP contribution in [0, 0.1) is 0 Å². The van der Waals surface area contributed by atoms with Crippen LogP contribution in [0.4, 0.5) is 0 Å². The van der Waals surface area contributed by atoms with E-state index in [-0.39, 0.29) is 6.61 Å². The number of amides is 1. The number of hydrogen-bond acceptors (Lipinski definition) is 5. The number of aromatic nitrogens is 3. The number of thioether (sulfide) groups is 1. The number of rotatable bonds is 8. The van der Waals surface area contributed by atoms with E-state index in [1.54, 1.807) is 31.2 Å². The number of primary amides is 1. The summed E-state index contributed by atoms with van der Waals surface area (Å²) in [6.45, 7) is 2.56. The van der Waals surface area contributed by atoms with E-state index in [1.807, 2.05) is 34.9 Å². The van der Waals surface area contributed by atoms with Gasteiger partial charge in [0.2, 0.25) is 5.91 Å². The minimum atomic E-state index is -0.409. The zero-order chi connectivity index (χ0) is 19.2. The molecule has 0 aliphatic rings. The second-order valence-corrected chi connectivity index (χ2v) is 7.62. The van der Waals surface area contributed by atoms with E-state index in [2.05, 4.69) is 10.2 Å². The van der Waals surface area contributed by atoms with Crippen molar-refractivity contribution < 1.29 is 9.53 Å². The lowest BCUT2D eigenvalue weighted by atomic mass is 10.2. The summed E-state index contributed by atoms with van der Waals surface area (Å²) < 4.78 is 7.75. The highest BCUT2D eigenvalue weighted by atomic mass is 35.5. The third kappa shape index (κ3) is 5.24. The smallest absolute Gasteiger partial charge is 0.230 e. The number of ether oxygens (including phenoxy) is 1. The summed E-state index contributed by atoms with van der Waals surface area (Å²) in [5, 5.41) is 9.34. The molecule has 2 aromatic carbocycles. The zero-order valence-corrected chi connectivity index (χ0v) is 16.3. The Morgan fingerprint density at radius 2 is 1.89 bits per heavy atom. The van der Waals surface area contributed by atoms with Crippen molar-refractivity contribution in [2.45, 2.75) is 30.5 Å². The topological polar surface area (TPSA) is 83.0 Å². The monoisotopic (exact) mass is 402 g/mol. The van der Waals surface area contributed by atoms with Gasteiger partial charge in [-0.3, -0.25) is 9.36 Å². The Kier molecular flexibility index (Phi) is 6.36. The minimum Gasteiger partial charge on any atom is -0.486 e. The minimum absolute atomic E-state index is 0.243. The highest BCUT2D eigenvalue weighted by Gasteiger charge is 2.19. The van der Waals surface area contributed by atoms with Gasteiger partial charge in [0.25, 0.3) is 0 Å². The number of hydrogen-bond donors (Lipinski definition) is 1. The van der Waals surface area contributed by atoms with Crippen molar-refractivity contribution in [2.75, 3.05) is 0 Å². The maximum Gasteiger partial charge on any atom is 0.230 e. The molecular weight excluding hydrogens is 384 g/mol. The molecule has 3 rings (SSSR count). The van der Waals surface area contributed by atoms with E-state index in [1.165, 1.54) is 11.8 Å². The van der Waals surface area contributed by atoms with E-state index < -0.39 is 11.2 Å². The van der Waals surface area contributed by atoms with Crippen LogP contribution in [0.25, 0.3) is 0 Å². The Balaban J connectivity index is 1.82. The normalized spacial score (nSPS) is 11.9. The lowest BCUT2D eigenvalue weighted by Crippen LogP contribution is -2.23. The molecule has 8 heteroatoms. The molecule has 0 unspecified atom stereocenters. The van der Waals surface area contributed by atoms with Gasteiger partial charge in [-0.1, -0.05) is 53.7 Å². The zero-order valence-electron chi connectivity index (χ0n) is 14.7. The quantitative estimate of drug-likeness (QED) is 0.583. The van der Waals surface area contributed by atoms with E-state index in [0.717, 1.165) is 5.56 Å². The van der Waals surface area contributed by atoms with E-state index in [4.69, 9.17) is 22.1 Å². The number of carbonyl (C=O) groups excluding carboxylic acids is 1. The van der Waals surface area contributed by atoms with Gasteiger partial charge in [-0.2, -0.15) is 0 Å². The average Bonchev–Trinajstić information content (AvgIpc) is 3.03. The maximum absolute atomic E-state index is 11.4. The van der Waals surface area contributed by atoms with Crippen LogP contribution >= 0.6 is 23.4 Å². The van der Waals surface area contributed by atoms with Crippen LogP contribution in [0.3, 0.4) is 0 Å². The molecule has 140 valence electrons. The Labute approximate surface area is 166 Å². The predicted octanol–water partition coefficient (Wildman–Crippen LogP) is 3.52. The molecule has 1 atom stereocenters. The van der Waals surface area contributed by atoms with Crippen molar-refractivity contribution in [3.05, 3.63) is 71.0 Å². The fourth-order valence-electron chi connectivity index (χ4n) is 2.33. The van der Waals surface area contributed by atoms with Gasteiger partial charge in [0.05, 0.1) is 11.8 Å². The molecule has 2 N–H and O–H groups in total. The van der Waals surface area contributed by atoms with Crippen molar-refractivity contribution in [1.82, 2.24) is 14.8 Å². The fraction of sp³-hybridized carbons (Fsp3) is 0.211. The number of benzene rings is 2. The lowest BCUT2D eigenvalue weighted by Gasteiger charge is -2.12. The lowest BCUT2D eigenvalue weighted by molar-refractivity contribution is -0.117. The first-order chi connectivity index (χ1) is 13.0. The van der Waals surface area contributed by atoms with E-state index in [0.29, 0.717) is 28.3 Å². The molecule has 0 saturated carbocycles. The Hall–Kier alpha value is -2.51. The van der Waals surface area contributed by atoms with Gasteiger partial charge in [0.1, 0.15) is 12.4 Å². The molecule has 0 saturated heterocycles. The maximum atomic E-state index is 11.4. The standard InChI is InChI=1S/C19H19ClN4O2S/c1-13(18(21)25)27-19-23-22-17(12-26-16-9-7-15(20)8-10-16)24(19)11-14-5-3-2-4-6-14/h2-10,13H,11-12H2,1H3,(H2,21,25)/t13-/m0/s1. The van der Waals surface area contributed by atoms with Gasteiger partial charge < -0.3 is 10.5 Å². The fourth-order valence-corrected chi connectivity index (χ4v) is 3.28. The molecular formula is C19H19ClN4O2S. The molecule has 1 heterocycles. The number of nitrogens with zero attached hydrogens (tertiary/aromatic N) is 3. The first-order valence-corrected chi connectivity index (χ1v) is 9.59. The Bertz CT molecular complexity index is 900. The van der Waals surface area contributed by atoms with Crippen molar-refractivity contribution in [3.63, 3.8) is 0 Å². The number of halogens is 1. The predicted molar refractivity (Wildman–Crippen MR) is 106 cm³/mol. The van der Waals surface area contributed by atoms with E-state index >= 15 is 0 Å². The van der Waals surface area contributed by atoms with Crippen molar-refractivity contribution in [2.24, 2.45) is 5.73 Å². The van der Waals surface area contributed by atoms with Crippen LogP contribution in [0.15, 0.2) is 59.8 Å². The van der Waals surface area contributed by atoms with Gasteiger partial charge in [0.15, 0.2) is 11.0 Å². The molecule has 27 heavy (non-hydrogen) atoms. The Morgan fingerprint density at radius 3 is 2.56 bits per heavy atom. The van der Waals surface area contributed by atoms with Gasteiger partial charge in [-0.15, -0.1) is 10.2 Å². The van der Waals surface area contributed by atoms with Crippen LogP contribution in [-0.4, -0.2) is 25.9 Å². The second-order valence-electron chi connectivity index (χ2n) is 5.88. The summed E-state index contributed by atoms with van der Waals surface area (Å²) in [7, 11) is 0. The first-order valence-electron chi connectivity index (χ1n) is 8.33. The van der Waals surface area contributed by atoms with Crippen LogP contribution in [0.2, 0.25) is 5.02 Å². The van der Waals surface area contributed by atoms with Gasteiger partial charge in [-0.25, -0.2) is 0 Å². The molecule has 0 aliphatic carbocycles. The molecule has 6 nitrogen and oxygen atoms in total. The summed E-state index contributed by atoms with van der Waals surface area (Å²) in [5.41, 5.74) is 6.48. The summed E-state index contributed by atoms with van der Waals surface area (Å²) in [4.78, 5) is 11.4. The number of carbonyl (C=O) groups is 1. The van der Waals surface area contributed by atoms with Crippen molar-refractivity contribution in [3.8, 4) is 5.75 Å². The van der Waals surface area contributed by atoms with Crippen molar-refractivity contribution >= 4 is 29.3 Å². The first kappa shape index (κ1) is 19.3. The molecule has 0 radical (unpaired) electrons. The van der Waals surface area contributed by atoms with Gasteiger partial charge in [-0.05, 0) is 36.8 Å². The molecule has 1 amide bonds. The summed E-state index contributed by atoms with van der Waals surface area (Å²) in [6.07, 6.45) is 0. The summed E-state index contributed by atoms with van der Waals surface area (Å²) in [6, 6.07) is 17.1. The highest BCUT2D eigenvalue weighted by Crippen LogP contribution is 2.24. The van der Waals surface area contributed by atoms with Crippen LogP contribution in [0.5, 0.6) is 5.75 Å². The van der Waals surface area contributed by atoms with Gasteiger partial charge in [0, 0.05) is 5.02 Å². The molecule has 0 fully saturated rings. The molecule has 3 aromatic rings. The molecule has 1 aromatic heterocycles. The third-order valence-electron chi connectivity index (χ3n) is 3.84. The van der Waals surface area contributed by atoms with Crippen LogP contribution in [-0.2, 0) is 17.9 Å². The second kappa shape index (κ2) is 8.92. The Morgan fingerprint density at radius 1 is 1.19 bits per heavy atom. The molecule has 0 spiro atoms. The summed E-state index contributed by atoms with van der Waals surface area (Å²) >= 11 is 7.18. The highest BCUT2D eigenvalue weighted by molar-refractivity contribution is 8.00. The SMILES string of the molecule is C[C@H](Sc1nnc(COc2ccc(Cl)cc2)n1Cc1ccccc1)C(N)=O. The summed E-state index contributed by atoms with van der Waals surface area (Å²) in [5.74, 6) is 0.953.